The molecule has 0 saturated carbocycles. The fraction of sp³-hybridized carbons (Fsp3) is 0.308. The molecule has 0 aromatic carbocycles. The number of aromatic nitrogens is 5. The molecule has 0 bridgehead atoms. The van der Waals surface area contributed by atoms with Crippen LogP contribution in [0.5, 0.6) is 0 Å². The van der Waals surface area contributed by atoms with E-state index in [4.69, 9.17) is 10.2 Å². The Morgan fingerprint density at radius 3 is 3.05 bits per heavy atom. The van der Waals surface area contributed by atoms with Crippen molar-refractivity contribution < 1.29 is 4.42 Å². The first-order valence-electron chi connectivity index (χ1n) is 6.62. The molecule has 0 fully saturated rings. The van der Waals surface area contributed by atoms with Crippen molar-refractivity contribution >= 4 is 17.6 Å². The van der Waals surface area contributed by atoms with E-state index in [0.29, 0.717) is 23.2 Å². The van der Waals surface area contributed by atoms with Gasteiger partial charge < -0.3 is 10.2 Å². The van der Waals surface area contributed by atoms with Crippen molar-refractivity contribution in [3.63, 3.8) is 0 Å². The second-order valence-electron chi connectivity index (χ2n) is 4.52. The minimum absolute atomic E-state index is 0.432. The van der Waals surface area contributed by atoms with Crippen LogP contribution in [0.25, 0.3) is 23.0 Å². The predicted molar refractivity (Wildman–Crippen MR) is 81.7 cm³/mol. The normalized spacial score (nSPS) is 11.1. The summed E-state index contributed by atoms with van der Waals surface area (Å²) in [5, 5.41) is 12.4. The Morgan fingerprint density at radius 2 is 2.33 bits per heavy atom. The highest BCUT2D eigenvalue weighted by molar-refractivity contribution is 7.99. The van der Waals surface area contributed by atoms with E-state index < -0.39 is 0 Å². The minimum atomic E-state index is 0.432. The van der Waals surface area contributed by atoms with Crippen molar-refractivity contribution in [1.82, 2.24) is 25.0 Å². The highest BCUT2D eigenvalue weighted by Gasteiger charge is 2.21. The summed E-state index contributed by atoms with van der Waals surface area (Å²) in [7, 11) is 1.87. The largest absolute Gasteiger partial charge is 0.461 e. The zero-order chi connectivity index (χ0) is 14.8. The van der Waals surface area contributed by atoms with Gasteiger partial charge in [-0.3, -0.25) is 9.78 Å². The minimum Gasteiger partial charge on any atom is -0.461 e. The van der Waals surface area contributed by atoms with Crippen LogP contribution in [0.2, 0.25) is 0 Å². The number of nitrogen functional groups attached to an aromatic ring is 1. The maximum Gasteiger partial charge on any atom is 0.192 e. The number of nitrogens with one attached hydrogen (secondary N) is 1. The second-order valence-corrected chi connectivity index (χ2v) is 5.61. The zero-order valence-corrected chi connectivity index (χ0v) is 12.6. The van der Waals surface area contributed by atoms with Crippen molar-refractivity contribution in [3.8, 4) is 23.0 Å². The maximum absolute atomic E-state index is 6.01. The van der Waals surface area contributed by atoms with E-state index >= 15 is 0 Å². The predicted octanol–water partition coefficient (Wildman–Crippen LogP) is 2.55. The maximum atomic E-state index is 6.01. The third-order valence-corrected chi connectivity index (χ3v) is 4.28. The smallest absolute Gasteiger partial charge is 0.192 e. The van der Waals surface area contributed by atoms with E-state index in [2.05, 4.69) is 27.2 Å². The van der Waals surface area contributed by atoms with Gasteiger partial charge in [-0.2, -0.15) is 10.2 Å². The Labute approximate surface area is 125 Å². The third kappa shape index (κ3) is 2.54. The van der Waals surface area contributed by atoms with Gasteiger partial charge in [0.05, 0.1) is 11.8 Å². The topological polar surface area (TPSA) is 98.6 Å². The molecule has 0 spiro atoms. The van der Waals surface area contributed by atoms with Crippen molar-refractivity contribution in [2.75, 3.05) is 11.5 Å². The Bertz CT molecular complexity index is 730. The van der Waals surface area contributed by atoms with E-state index in [9.17, 15) is 0 Å². The number of aryl methyl sites for hydroxylation is 1. The Kier molecular flexibility index (Phi) is 3.70. The first-order valence-corrected chi connectivity index (χ1v) is 7.61. The van der Waals surface area contributed by atoms with Gasteiger partial charge in [-0.1, -0.05) is 6.92 Å². The van der Waals surface area contributed by atoms with Crippen LogP contribution < -0.4 is 5.73 Å². The van der Waals surface area contributed by atoms with Crippen LogP contribution in [0.3, 0.4) is 0 Å². The molecule has 110 valence electrons. The lowest BCUT2D eigenvalue weighted by molar-refractivity contribution is 0.577. The molecule has 0 atom stereocenters. The molecule has 21 heavy (non-hydrogen) atoms. The summed E-state index contributed by atoms with van der Waals surface area (Å²) in [5.74, 6) is 3.16. The molecule has 0 aliphatic heterocycles. The quantitative estimate of drug-likeness (QED) is 0.703. The molecule has 3 aromatic heterocycles. The molecule has 0 saturated heterocycles. The molecule has 0 aliphatic rings. The summed E-state index contributed by atoms with van der Waals surface area (Å²) in [6, 6.07) is 3.63. The van der Waals surface area contributed by atoms with Crippen LogP contribution in [0.4, 0.5) is 5.82 Å². The molecule has 3 N–H and O–H groups in total. The molecule has 0 radical (unpaired) electrons. The molecular formula is C13H16N6OS. The summed E-state index contributed by atoms with van der Waals surface area (Å²) < 4.78 is 7.08. The molecular weight excluding hydrogens is 288 g/mol. The molecule has 0 unspecified atom stereocenters. The number of hydrogen-bond acceptors (Lipinski definition) is 6. The SMILES string of the molecule is CCCSc1c(-c2n[nH]c(-c3ccco3)n2)c(N)nn1C. The highest BCUT2D eigenvalue weighted by atomic mass is 32.2. The van der Waals surface area contributed by atoms with Gasteiger partial charge in [0, 0.05) is 7.05 Å². The van der Waals surface area contributed by atoms with Gasteiger partial charge in [0.15, 0.2) is 23.2 Å². The second kappa shape index (κ2) is 5.65. The number of H-pyrrole nitrogens is 1. The van der Waals surface area contributed by atoms with E-state index in [0.717, 1.165) is 22.8 Å². The average Bonchev–Trinajstić information content (AvgIpc) is 3.16. The van der Waals surface area contributed by atoms with Crippen LogP contribution in [-0.2, 0) is 7.05 Å². The molecule has 7 nitrogen and oxygen atoms in total. The Morgan fingerprint density at radius 1 is 1.48 bits per heavy atom. The number of aromatic amines is 1. The van der Waals surface area contributed by atoms with E-state index in [1.54, 1.807) is 28.8 Å². The van der Waals surface area contributed by atoms with Crippen molar-refractivity contribution in [2.45, 2.75) is 18.4 Å². The number of furan rings is 1. The summed E-state index contributed by atoms with van der Waals surface area (Å²) in [5.41, 5.74) is 6.78. The number of nitrogens with two attached hydrogens (primary N) is 1. The fourth-order valence-electron chi connectivity index (χ4n) is 2.00. The summed E-state index contributed by atoms with van der Waals surface area (Å²) in [4.78, 5) is 4.46. The lowest BCUT2D eigenvalue weighted by Crippen LogP contribution is -1.94. The van der Waals surface area contributed by atoms with Crippen LogP contribution in [0, 0.1) is 0 Å². The lowest BCUT2D eigenvalue weighted by atomic mass is 10.3. The summed E-state index contributed by atoms with van der Waals surface area (Å²) in [6.45, 7) is 2.13. The average molecular weight is 304 g/mol. The Hall–Kier alpha value is -2.22. The molecule has 0 aliphatic carbocycles. The molecule has 3 heterocycles. The fourth-order valence-corrected chi connectivity index (χ4v) is 2.97. The third-order valence-electron chi connectivity index (χ3n) is 2.93. The number of nitrogens with zero attached hydrogens (tertiary/aromatic N) is 4. The van der Waals surface area contributed by atoms with Gasteiger partial charge in [-0.05, 0) is 24.3 Å². The number of anilines is 1. The van der Waals surface area contributed by atoms with Crippen LogP contribution >= 0.6 is 11.8 Å². The van der Waals surface area contributed by atoms with Crippen LogP contribution in [0.15, 0.2) is 27.8 Å². The van der Waals surface area contributed by atoms with E-state index in [1.807, 2.05) is 13.1 Å². The molecule has 3 aromatic rings. The van der Waals surface area contributed by atoms with Crippen LogP contribution in [-0.4, -0.2) is 30.7 Å². The lowest BCUT2D eigenvalue weighted by Gasteiger charge is -2.02. The van der Waals surface area contributed by atoms with E-state index in [1.165, 1.54) is 0 Å². The summed E-state index contributed by atoms with van der Waals surface area (Å²) >= 11 is 1.70. The van der Waals surface area contributed by atoms with Gasteiger partial charge in [-0.15, -0.1) is 11.8 Å². The first-order chi connectivity index (χ1) is 10.2. The van der Waals surface area contributed by atoms with E-state index in [-0.39, 0.29) is 0 Å². The van der Waals surface area contributed by atoms with Crippen molar-refractivity contribution in [3.05, 3.63) is 18.4 Å². The first kappa shape index (κ1) is 13.7. The molecule has 3 rings (SSSR count). The van der Waals surface area contributed by atoms with Crippen molar-refractivity contribution in [1.29, 1.82) is 0 Å². The highest BCUT2D eigenvalue weighted by Crippen LogP contribution is 2.34. The van der Waals surface area contributed by atoms with Gasteiger partial charge in [0.2, 0.25) is 0 Å². The molecule has 0 amide bonds. The van der Waals surface area contributed by atoms with Gasteiger partial charge >= 0.3 is 0 Å². The van der Waals surface area contributed by atoms with Gasteiger partial charge in [-0.25, -0.2) is 4.98 Å². The van der Waals surface area contributed by atoms with Gasteiger partial charge in [0.25, 0.3) is 0 Å². The molecule has 8 heteroatoms. The Balaban J connectivity index is 2.00. The number of hydrogen-bond donors (Lipinski definition) is 2. The zero-order valence-electron chi connectivity index (χ0n) is 11.8. The van der Waals surface area contributed by atoms with Crippen molar-refractivity contribution in [2.24, 2.45) is 7.05 Å². The number of rotatable bonds is 5. The van der Waals surface area contributed by atoms with Crippen LogP contribution in [0.1, 0.15) is 13.3 Å². The van der Waals surface area contributed by atoms with Gasteiger partial charge in [0.1, 0.15) is 5.03 Å². The summed E-state index contributed by atoms with van der Waals surface area (Å²) in [6.07, 6.45) is 2.67. The standard InChI is InChI=1S/C13H16N6OS/c1-3-7-21-13-9(10(14)18-19(13)2)12-15-11(16-17-12)8-5-4-6-20-8/h4-6H,3,7H2,1-2H3,(H2,14,18)(H,15,16,17). The number of thioether (sulfide) groups is 1. The monoisotopic (exact) mass is 304 g/mol.